The van der Waals surface area contributed by atoms with Crippen LogP contribution in [0.25, 0.3) is 0 Å². The van der Waals surface area contributed by atoms with Crippen LogP contribution < -0.4 is 5.43 Å². The van der Waals surface area contributed by atoms with Crippen LogP contribution in [-0.4, -0.2) is 53.5 Å². The summed E-state index contributed by atoms with van der Waals surface area (Å²) in [5, 5.41) is 7.70. The van der Waals surface area contributed by atoms with E-state index in [2.05, 4.69) is 15.6 Å². The van der Waals surface area contributed by atoms with E-state index in [4.69, 9.17) is 0 Å². The van der Waals surface area contributed by atoms with E-state index in [1.807, 2.05) is 0 Å². The van der Waals surface area contributed by atoms with Gasteiger partial charge in [-0.3, -0.25) is 4.79 Å². The normalized spacial score (nSPS) is 17.5. The van der Waals surface area contributed by atoms with Crippen molar-refractivity contribution >= 4 is 22.1 Å². The highest BCUT2D eigenvalue weighted by Crippen LogP contribution is 2.20. The van der Waals surface area contributed by atoms with Gasteiger partial charge in [0.15, 0.2) is 0 Å². The molecule has 10 heteroatoms. The van der Waals surface area contributed by atoms with Crippen molar-refractivity contribution in [3.05, 3.63) is 17.2 Å². The van der Waals surface area contributed by atoms with Crippen LogP contribution in [0.1, 0.15) is 31.0 Å². The van der Waals surface area contributed by atoms with E-state index in [0.29, 0.717) is 31.6 Å². The van der Waals surface area contributed by atoms with E-state index in [1.54, 1.807) is 13.8 Å². The van der Waals surface area contributed by atoms with E-state index < -0.39 is 16.0 Å². The zero-order valence-corrected chi connectivity index (χ0v) is 14.8. The van der Waals surface area contributed by atoms with Crippen LogP contribution in [0, 0.1) is 18.8 Å². The predicted molar refractivity (Wildman–Crippen MR) is 87.4 cm³/mol. The Labute approximate surface area is 140 Å². The third-order valence-corrected chi connectivity index (χ3v) is 6.03. The van der Waals surface area contributed by atoms with Crippen molar-refractivity contribution in [1.82, 2.24) is 19.5 Å². The molecule has 0 spiro atoms. The summed E-state index contributed by atoms with van der Waals surface area (Å²) in [5.41, 5.74) is 3.09. The Morgan fingerprint density at radius 2 is 2.08 bits per heavy atom. The summed E-state index contributed by atoms with van der Waals surface area (Å²) in [5.74, 6) is -1.06. The van der Waals surface area contributed by atoms with Gasteiger partial charge in [0.25, 0.3) is 0 Å². The van der Waals surface area contributed by atoms with Crippen molar-refractivity contribution in [2.75, 3.05) is 18.8 Å². The molecule has 0 radical (unpaired) electrons. The molecular formula is C14H22FN5O3S. The van der Waals surface area contributed by atoms with Gasteiger partial charge in [0.2, 0.25) is 21.9 Å². The molecule has 1 aliphatic heterocycles. The lowest BCUT2D eigenvalue weighted by Gasteiger charge is -2.29. The molecule has 0 aromatic carbocycles. The summed E-state index contributed by atoms with van der Waals surface area (Å²) in [4.78, 5) is 12.1. The first-order valence-corrected chi connectivity index (χ1v) is 9.37. The predicted octanol–water partition coefficient (Wildman–Crippen LogP) is 0.379. The molecule has 0 unspecified atom stereocenters. The lowest BCUT2D eigenvalue weighted by atomic mass is 9.98. The van der Waals surface area contributed by atoms with Crippen molar-refractivity contribution in [3.8, 4) is 0 Å². The second kappa shape index (κ2) is 7.39. The first kappa shape index (κ1) is 18.5. The lowest BCUT2D eigenvalue weighted by Crippen LogP contribution is -2.42. The Morgan fingerprint density at radius 1 is 1.46 bits per heavy atom. The number of hydrazone groups is 1. The van der Waals surface area contributed by atoms with Crippen molar-refractivity contribution in [2.24, 2.45) is 18.1 Å². The van der Waals surface area contributed by atoms with Gasteiger partial charge in [-0.15, -0.1) is 0 Å². The van der Waals surface area contributed by atoms with Gasteiger partial charge in [-0.25, -0.2) is 22.8 Å². The van der Waals surface area contributed by atoms with Crippen molar-refractivity contribution < 1.29 is 17.6 Å². The van der Waals surface area contributed by atoms with Crippen LogP contribution in [0.3, 0.4) is 0 Å². The van der Waals surface area contributed by atoms with Crippen molar-refractivity contribution in [1.29, 1.82) is 0 Å². The number of halogens is 1. The number of hydrogen-bond donors (Lipinski definition) is 1. The Kier molecular flexibility index (Phi) is 5.70. The number of sulfonamides is 1. The number of nitrogens with one attached hydrogen (secondary N) is 1. The van der Waals surface area contributed by atoms with Crippen LogP contribution >= 0.6 is 0 Å². The van der Waals surface area contributed by atoms with Crippen LogP contribution in [0.5, 0.6) is 0 Å². The van der Waals surface area contributed by atoms with Gasteiger partial charge < -0.3 is 0 Å². The van der Waals surface area contributed by atoms with E-state index in [-0.39, 0.29) is 23.1 Å². The summed E-state index contributed by atoms with van der Waals surface area (Å²) in [6, 6.07) is 0. The second-order valence-corrected chi connectivity index (χ2v) is 7.98. The number of hydrogen-bond acceptors (Lipinski definition) is 5. The Hall–Kier alpha value is -1.81. The van der Waals surface area contributed by atoms with E-state index in [0.717, 1.165) is 4.68 Å². The molecule has 8 nitrogen and oxygen atoms in total. The highest BCUT2D eigenvalue weighted by Gasteiger charge is 2.30. The molecular weight excluding hydrogens is 337 g/mol. The van der Waals surface area contributed by atoms with Crippen molar-refractivity contribution in [3.63, 3.8) is 0 Å². The second-order valence-electron chi connectivity index (χ2n) is 5.72. The zero-order chi connectivity index (χ0) is 17.9. The standard InChI is InChI=1S/C14H22FN5O3S/c1-4-24(22,23)20-7-5-11(6-8-20)14(21)17-16-9-12-10(2)18-19(3)13(12)15/h9,11H,4-8H2,1-3H3,(H,17,21)/b16-9+. The summed E-state index contributed by atoms with van der Waals surface area (Å²) >= 11 is 0. The Balaban J connectivity index is 1.89. The largest absolute Gasteiger partial charge is 0.273 e. The molecule has 0 saturated carbocycles. The number of piperidine rings is 1. The summed E-state index contributed by atoms with van der Waals surface area (Å²) < 4.78 is 39.8. The van der Waals surface area contributed by atoms with Crippen LogP contribution in [0.4, 0.5) is 4.39 Å². The highest BCUT2D eigenvalue weighted by molar-refractivity contribution is 7.89. The maximum absolute atomic E-state index is 13.7. The molecule has 1 saturated heterocycles. The quantitative estimate of drug-likeness (QED) is 0.607. The molecule has 2 heterocycles. The molecule has 1 aromatic heterocycles. The van der Waals surface area contributed by atoms with Gasteiger partial charge in [0.1, 0.15) is 0 Å². The fourth-order valence-corrected chi connectivity index (χ4v) is 3.76. The number of aromatic nitrogens is 2. The number of aryl methyl sites for hydroxylation is 2. The third kappa shape index (κ3) is 3.99. The summed E-state index contributed by atoms with van der Waals surface area (Å²) in [7, 11) is -1.73. The minimum Gasteiger partial charge on any atom is -0.273 e. The molecule has 24 heavy (non-hydrogen) atoms. The third-order valence-electron chi connectivity index (χ3n) is 4.15. The number of rotatable bonds is 5. The summed E-state index contributed by atoms with van der Waals surface area (Å²) in [6.45, 7) is 3.90. The summed E-state index contributed by atoms with van der Waals surface area (Å²) in [6.07, 6.45) is 2.12. The Morgan fingerprint density at radius 3 is 2.58 bits per heavy atom. The molecule has 1 aromatic rings. The highest BCUT2D eigenvalue weighted by atomic mass is 32.2. The number of carbonyl (C=O) groups is 1. The fourth-order valence-electron chi connectivity index (χ4n) is 2.62. The fraction of sp³-hybridized carbons (Fsp3) is 0.643. The average molecular weight is 359 g/mol. The minimum atomic E-state index is -3.21. The van der Waals surface area contributed by atoms with Crippen LogP contribution in [-0.2, 0) is 21.9 Å². The van der Waals surface area contributed by atoms with Gasteiger partial charge >= 0.3 is 0 Å². The van der Waals surface area contributed by atoms with Crippen LogP contribution in [0.15, 0.2) is 5.10 Å². The lowest BCUT2D eigenvalue weighted by molar-refractivity contribution is -0.126. The van der Waals surface area contributed by atoms with Gasteiger partial charge in [0, 0.05) is 26.1 Å². The van der Waals surface area contributed by atoms with E-state index in [1.165, 1.54) is 17.6 Å². The molecule has 134 valence electrons. The van der Waals surface area contributed by atoms with Gasteiger partial charge in [-0.05, 0) is 26.7 Å². The maximum Gasteiger partial charge on any atom is 0.243 e. The molecule has 1 amide bonds. The number of carbonyl (C=O) groups excluding carboxylic acids is 1. The van der Waals surface area contributed by atoms with Gasteiger partial charge in [-0.1, -0.05) is 0 Å². The zero-order valence-electron chi connectivity index (χ0n) is 14.0. The first-order chi connectivity index (χ1) is 11.3. The van der Waals surface area contributed by atoms with Gasteiger partial charge in [0.05, 0.1) is 23.2 Å². The number of nitrogens with zero attached hydrogens (tertiary/aromatic N) is 4. The average Bonchev–Trinajstić information content (AvgIpc) is 2.81. The van der Waals surface area contributed by atoms with E-state index >= 15 is 0 Å². The molecule has 1 aliphatic rings. The molecule has 2 rings (SSSR count). The maximum atomic E-state index is 13.7. The topological polar surface area (TPSA) is 96.7 Å². The van der Waals surface area contributed by atoms with Crippen LogP contribution in [0.2, 0.25) is 0 Å². The number of amides is 1. The molecule has 0 bridgehead atoms. The van der Waals surface area contributed by atoms with Crippen molar-refractivity contribution in [2.45, 2.75) is 26.7 Å². The van der Waals surface area contributed by atoms with Gasteiger partial charge in [-0.2, -0.15) is 14.6 Å². The molecule has 1 N–H and O–H groups in total. The molecule has 0 atom stereocenters. The molecule has 0 aliphatic carbocycles. The SMILES string of the molecule is CCS(=O)(=O)N1CCC(C(=O)N/N=C/c2c(C)nn(C)c2F)CC1. The van der Waals surface area contributed by atoms with E-state index in [9.17, 15) is 17.6 Å². The Bertz CT molecular complexity index is 736. The first-order valence-electron chi connectivity index (χ1n) is 7.76. The molecule has 1 fully saturated rings. The monoisotopic (exact) mass is 359 g/mol. The minimum absolute atomic E-state index is 0.0597. The smallest absolute Gasteiger partial charge is 0.243 e.